The van der Waals surface area contributed by atoms with Crippen LogP contribution in [0.25, 0.3) is 0 Å². The molecule has 4 aliphatic carbocycles. The SMILES string of the molecule is C[C@]12CC[C@H]3[C@@H](CC(=O)[C@@]4(O)CC(=O)CC[C@]34C)[C@@H]1CCC2=O. The molecular weight excluding hydrogens is 292 g/mol. The lowest BCUT2D eigenvalue weighted by Crippen LogP contribution is -2.66. The highest BCUT2D eigenvalue weighted by Gasteiger charge is 2.67. The van der Waals surface area contributed by atoms with Gasteiger partial charge in [0.05, 0.1) is 0 Å². The molecule has 4 nitrogen and oxygen atoms in total. The predicted molar refractivity (Wildman–Crippen MR) is 83.6 cm³/mol. The molecule has 0 aliphatic heterocycles. The Balaban J connectivity index is 1.75. The summed E-state index contributed by atoms with van der Waals surface area (Å²) in [6.07, 6.45) is 4.69. The van der Waals surface area contributed by atoms with E-state index >= 15 is 0 Å². The van der Waals surface area contributed by atoms with Crippen molar-refractivity contribution in [2.45, 2.75) is 70.8 Å². The highest BCUT2D eigenvalue weighted by molar-refractivity contribution is 5.96. The minimum atomic E-state index is -1.47. The standard InChI is InChI=1S/C19H26O4/c1-17-7-6-14-12(13(17)3-4-15(17)21)9-16(22)19(23)10-11(20)5-8-18(14,19)2/h12-14,23H,3-10H2,1-2H3/t12-,13-,14-,17-,18+,19-/m0/s1. The molecule has 0 spiro atoms. The van der Waals surface area contributed by atoms with Crippen molar-refractivity contribution in [2.24, 2.45) is 28.6 Å². The molecule has 4 aliphatic rings. The Hall–Kier alpha value is -1.03. The van der Waals surface area contributed by atoms with Crippen LogP contribution in [-0.4, -0.2) is 28.1 Å². The summed E-state index contributed by atoms with van der Waals surface area (Å²) >= 11 is 0. The van der Waals surface area contributed by atoms with Gasteiger partial charge >= 0.3 is 0 Å². The number of Topliss-reactive ketones (excluding diaryl/α,β-unsaturated/α-hetero) is 3. The first-order valence-electron chi connectivity index (χ1n) is 9.03. The van der Waals surface area contributed by atoms with E-state index in [1.807, 2.05) is 6.92 Å². The quantitative estimate of drug-likeness (QED) is 0.745. The lowest BCUT2D eigenvalue weighted by Gasteiger charge is -2.61. The van der Waals surface area contributed by atoms with Crippen LogP contribution in [-0.2, 0) is 14.4 Å². The van der Waals surface area contributed by atoms with E-state index in [-0.39, 0.29) is 41.2 Å². The minimum absolute atomic E-state index is 0.00752. The molecule has 23 heavy (non-hydrogen) atoms. The van der Waals surface area contributed by atoms with Crippen molar-refractivity contribution in [2.75, 3.05) is 0 Å². The van der Waals surface area contributed by atoms with Crippen LogP contribution in [0.3, 0.4) is 0 Å². The van der Waals surface area contributed by atoms with Crippen molar-refractivity contribution in [3.05, 3.63) is 0 Å². The summed E-state index contributed by atoms with van der Waals surface area (Å²) in [5.41, 5.74) is -2.24. The molecule has 0 unspecified atom stereocenters. The third-order valence-corrected chi connectivity index (χ3v) is 8.17. The number of hydrogen-bond acceptors (Lipinski definition) is 4. The first kappa shape index (κ1) is 15.5. The van der Waals surface area contributed by atoms with Crippen LogP contribution in [0.5, 0.6) is 0 Å². The van der Waals surface area contributed by atoms with Crippen molar-refractivity contribution >= 4 is 17.3 Å². The number of fused-ring (bicyclic) bond motifs is 5. The van der Waals surface area contributed by atoms with Crippen molar-refractivity contribution in [1.82, 2.24) is 0 Å². The molecule has 0 radical (unpaired) electrons. The molecule has 6 atom stereocenters. The van der Waals surface area contributed by atoms with Gasteiger partial charge in [0.25, 0.3) is 0 Å². The van der Waals surface area contributed by atoms with Gasteiger partial charge in [-0.3, -0.25) is 14.4 Å². The number of carbonyl (C=O) groups excluding carboxylic acids is 3. The Kier molecular flexibility index (Phi) is 3.05. The Bertz CT molecular complexity index is 610. The topological polar surface area (TPSA) is 71.4 Å². The molecule has 1 N–H and O–H groups in total. The van der Waals surface area contributed by atoms with Crippen LogP contribution in [0, 0.1) is 28.6 Å². The van der Waals surface area contributed by atoms with Gasteiger partial charge in [-0.15, -0.1) is 0 Å². The van der Waals surface area contributed by atoms with Gasteiger partial charge in [-0.05, 0) is 43.4 Å². The number of ketones is 3. The normalized spacial score (nSPS) is 52.8. The fourth-order valence-electron chi connectivity index (χ4n) is 6.61. The van der Waals surface area contributed by atoms with E-state index < -0.39 is 11.0 Å². The van der Waals surface area contributed by atoms with Crippen LogP contribution >= 0.6 is 0 Å². The largest absolute Gasteiger partial charge is 0.381 e. The number of hydrogen-bond donors (Lipinski definition) is 1. The summed E-state index contributed by atoms with van der Waals surface area (Å²) in [5.74, 6) is 0.940. The molecular formula is C19H26O4. The Morgan fingerprint density at radius 1 is 0.957 bits per heavy atom. The number of carbonyl (C=O) groups is 3. The summed E-state index contributed by atoms with van der Waals surface area (Å²) in [6, 6.07) is 0. The van der Waals surface area contributed by atoms with Crippen molar-refractivity contribution < 1.29 is 19.5 Å². The second-order valence-corrected chi connectivity index (χ2v) is 8.92. The molecule has 4 rings (SSSR count). The van der Waals surface area contributed by atoms with Crippen LogP contribution < -0.4 is 0 Å². The maximum absolute atomic E-state index is 12.8. The average Bonchev–Trinajstić information content (AvgIpc) is 2.79. The van der Waals surface area contributed by atoms with E-state index in [9.17, 15) is 19.5 Å². The highest BCUT2D eigenvalue weighted by atomic mass is 16.3. The highest BCUT2D eigenvalue weighted by Crippen LogP contribution is 2.65. The lowest BCUT2D eigenvalue weighted by atomic mass is 9.43. The first-order chi connectivity index (χ1) is 10.7. The summed E-state index contributed by atoms with van der Waals surface area (Å²) in [4.78, 5) is 37.1. The van der Waals surface area contributed by atoms with Gasteiger partial charge < -0.3 is 5.11 Å². The second-order valence-electron chi connectivity index (χ2n) is 8.92. The summed E-state index contributed by atoms with van der Waals surface area (Å²) < 4.78 is 0. The molecule has 0 amide bonds. The van der Waals surface area contributed by atoms with Gasteiger partial charge in [0.15, 0.2) is 5.78 Å². The molecule has 0 aromatic heterocycles. The monoisotopic (exact) mass is 318 g/mol. The van der Waals surface area contributed by atoms with Crippen LogP contribution in [0.2, 0.25) is 0 Å². The summed E-state index contributed by atoms with van der Waals surface area (Å²) in [5, 5.41) is 11.1. The third kappa shape index (κ3) is 1.73. The number of aliphatic hydroxyl groups is 1. The molecule has 0 saturated heterocycles. The lowest BCUT2D eigenvalue weighted by molar-refractivity contribution is -0.201. The zero-order valence-electron chi connectivity index (χ0n) is 14.1. The van der Waals surface area contributed by atoms with Gasteiger partial charge in [0, 0.05) is 36.5 Å². The fraction of sp³-hybridized carbons (Fsp3) is 0.842. The molecule has 0 aromatic carbocycles. The van der Waals surface area contributed by atoms with E-state index in [0.29, 0.717) is 31.5 Å². The molecule has 4 fully saturated rings. The van der Waals surface area contributed by atoms with Gasteiger partial charge in [0.2, 0.25) is 0 Å². The van der Waals surface area contributed by atoms with Gasteiger partial charge in [-0.1, -0.05) is 13.8 Å². The van der Waals surface area contributed by atoms with E-state index in [1.165, 1.54) is 0 Å². The number of rotatable bonds is 0. The molecule has 4 heteroatoms. The maximum Gasteiger partial charge on any atom is 0.165 e. The third-order valence-electron chi connectivity index (χ3n) is 8.17. The average molecular weight is 318 g/mol. The fourth-order valence-corrected chi connectivity index (χ4v) is 6.61. The smallest absolute Gasteiger partial charge is 0.165 e. The first-order valence-corrected chi connectivity index (χ1v) is 9.03. The summed E-state index contributed by atoms with van der Waals surface area (Å²) in [6.45, 7) is 4.11. The predicted octanol–water partition coefficient (Wildman–Crippen LogP) is 2.46. The molecule has 0 aromatic rings. The van der Waals surface area contributed by atoms with Crippen molar-refractivity contribution in [3.8, 4) is 0 Å². The van der Waals surface area contributed by atoms with Crippen LogP contribution in [0.15, 0.2) is 0 Å². The molecule has 126 valence electrons. The molecule has 0 bridgehead atoms. The second kappa shape index (κ2) is 4.53. The zero-order chi connectivity index (χ0) is 16.6. The van der Waals surface area contributed by atoms with Gasteiger partial charge in [-0.25, -0.2) is 0 Å². The van der Waals surface area contributed by atoms with Gasteiger partial charge in [0.1, 0.15) is 17.2 Å². The van der Waals surface area contributed by atoms with Crippen LogP contribution in [0.4, 0.5) is 0 Å². The van der Waals surface area contributed by atoms with Crippen molar-refractivity contribution in [1.29, 1.82) is 0 Å². The summed E-state index contributed by atoms with van der Waals surface area (Å²) in [7, 11) is 0. The van der Waals surface area contributed by atoms with Crippen molar-refractivity contribution in [3.63, 3.8) is 0 Å². The maximum atomic E-state index is 12.8. The van der Waals surface area contributed by atoms with Crippen LogP contribution in [0.1, 0.15) is 65.2 Å². The molecule has 4 saturated carbocycles. The minimum Gasteiger partial charge on any atom is -0.381 e. The zero-order valence-corrected chi connectivity index (χ0v) is 14.1. The van der Waals surface area contributed by atoms with E-state index in [2.05, 4.69) is 6.92 Å². The van der Waals surface area contributed by atoms with E-state index in [0.717, 1.165) is 19.3 Å². The Morgan fingerprint density at radius 3 is 2.43 bits per heavy atom. The van der Waals surface area contributed by atoms with Gasteiger partial charge in [-0.2, -0.15) is 0 Å². The Labute approximate surface area is 137 Å². The van der Waals surface area contributed by atoms with E-state index in [1.54, 1.807) is 0 Å². The van der Waals surface area contributed by atoms with E-state index in [4.69, 9.17) is 0 Å². The Morgan fingerprint density at radius 2 is 1.70 bits per heavy atom. The molecule has 0 heterocycles.